The van der Waals surface area contributed by atoms with E-state index in [4.69, 9.17) is 11.6 Å². The SMILES string of the molecule is CCC(Cl)C(C)Cc1ccsc1. The van der Waals surface area contributed by atoms with Crippen LogP contribution >= 0.6 is 22.9 Å². The number of alkyl halides is 1. The summed E-state index contributed by atoms with van der Waals surface area (Å²) in [7, 11) is 0. The molecule has 0 aliphatic carbocycles. The highest BCUT2D eigenvalue weighted by Crippen LogP contribution is 2.20. The average Bonchev–Trinajstić information content (AvgIpc) is 2.55. The molecule has 68 valence electrons. The molecule has 2 heteroatoms. The van der Waals surface area contributed by atoms with Gasteiger partial charge in [0, 0.05) is 5.38 Å². The quantitative estimate of drug-likeness (QED) is 0.649. The molecule has 2 atom stereocenters. The van der Waals surface area contributed by atoms with Gasteiger partial charge in [-0.1, -0.05) is 13.8 Å². The van der Waals surface area contributed by atoms with Crippen molar-refractivity contribution in [3.05, 3.63) is 22.4 Å². The number of hydrogen-bond acceptors (Lipinski definition) is 1. The highest BCUT2D eigenvalue weighted by molar-refractivity contribution is 7.07. The van der Waals surface area contributed by atoms with E-state index < -0.39 is 0 Å². The Balaban J connectivity index is 2.41. The summed E-state index contributed by atoms with van der Waals surface area (Å²) >= 11 is 7.89. The fourth-order valence-corrected chi connectivity index (χ4v) is 2.08. The molecule has 12 heavy (non-hydrogen) atoms. The highest BCUT2D eigenvalue weighted by atomic mass is 35.5. The van der Waals surface area contributed by atoms with E-state index >= 15 is 0 Å². The van der Waals surface area contributed by atoms with Gasteiger partial charge in [0.05, 0.1) is 0 Å². The Kier molecular flexibility index (Phi) is 4.10. The Morgan fingerprint density at radius 2 is 2.33 bits per heavy atom. The number of hydrogen-bond donors (Lipinski definition) is 0. The topological polar surface area (TPSA) is 0 Å². The van der Waals surface area contributed by atoms with Crippen molar-refractivity contribution < 1.29 is 0 Å². The zero-order chi connectivity index (χ0) is 8.97. The molecule has 0 spiro atoms. The molecule has 0 N–H and O–H groups in total. The second-order valence-electron chi connectivity index (χ2n) is 3.24. The fraction of sp³-hybridized carbons (Fsp3) is 0.600. The summed E-state index contributed by atoms with van der Waals surface area (Å²) in [6, 6.07) is 2.18. The van der Waals surface area contributed by atoms with E-state index in [0.717, 1.165) is 12.8 Å². The van der Waals surface area contributed by atoms with Crippen LogP contribution in [0.3, 0.4) is 0 Å². The number of rotatable bonds is 4. The van der Waals surface area contributed by atoms with E-state index in [0.29, 0.717) is 11.3 Å². The molecule has 0 radical (unpaired) electrons. The smallest absolute Gasteiger partial charge is 0.0362 e. The van der Waals surface area contributed by atoms with Crippen LogP contribution in [0.4, 0.5) is 0 Å². The molecule has 0 aliphatic heterocycles. The molecule has 0 nitrogen and oxygen atoms in total. The Hall–Kier alpha value is -0.0100. The van der Waals surface area contributed by atoms with Gasteiger partial charge >= 0.3 is 0 Å². The largest absolute Gasteiger partial charge is 0.152 e. The lowest BCUT2D eigenvalue weighted by atomic mass is 9.98. The maximum absolute atomic E-state index is 6.14. The normalized spacial score (nSPS) is 15.9. The number of halogens is 1. The van der Waals surface area contributed by atoms with Gasteiger partial charge in [-0.3, -0.25) is 0 Å². The van der Waals surface area contributed by atoms with Crippen molar-refractivity contribution in [1.29, 1.82) is 0 Å². The summed E-state index contributed by atoms with van der Waals surface area (Å²) in [5.41, 5.74) is 1.42. The molecule has 0 amide bonds. The van der Waals surface area contributed by atoms with Gasteiger partial charge in [0.15, 0.2) is 0 Å². The minimum atomic E-state index is 0.324. The van der Waals surface area contributed by atoms with Crippen molar-refractivity contribution in [2.24, 2.45) is 5.92 Å². The van der Waals surface area contributed by atoms with Crippen LogP contribution in [0.15, 0.2) is 16.8 Å². The van der Waals surface area contributed by atoms with Crippen molar-refractivity contribution in [3.63, 3.8) is 0 Å². The van der Waals surface area contributed by atoms with E-state index in [1.54, 1.807) is 11.3 Å². The molecule has 0 saturated carbocycles. The summed E-state index contributed by atoms with van der Waals surface area (Å²) in [4.78, 5) is 0. The van der Waals surface area contributed by atoms with Crippen LogP contribution in [0, 0.1) is 5.92 Å². The first-order valence-electron chi connectivity index (χ1n) is 4.39. The van der Waals surface area contributed by atoms with Gasteiger partial charge in [0.25, 0.3) is 0 Å². The van der Waals surface area contributed by atoms with Crippen LogP contribution in [-0.4, -0.2) is 5.38 Å². The Morgan fingerprint density at radius 1 is 1.58 bits per heavy atom. The van der Waals surface area contributed by atoms with Gasteiger partial charge in [0.2, 0.25) is 0 Å². The fourth-order valence-electron chi connectivity index (χ4n) is 1.31. The second kappa shape index (κ2) is 4.88. The zero-order valence-electron chi connectivity index (χ0n) is 7.59. The molecule has 0 aromatic carbocycles. The van der Waals surface area contributed by atoms with Crippen molar-refractivity contribution in [3.8, 4) is 0 Å². The van der Waals surface area contributed by atoms with E-state index in [1.165, 1.54) is 5.56 Å². The van der Waals surface area contributed by atoms with E-state index in [1.807, 2.05) is 0 Å². The van der Waals surface area contributed by atoms with Crippen molar-refractivity contribution in [2.45, 2.75) is 32.1 Å². The highest BCUT2D eigenvalue weighted by Gasteiger charge is 2.12. The van der Waals surface area contributed by atoms with Crippen molar-refractivity contribution in [1.82, 2.24) is 0 Å². The lowest BCUT2D eigenvalue weighted by Crippen LogP contribution is -2.12. The summed E-state index contributed by atoms with van der Waals surface area (Å²) in [6.45, 7) is 4.36. The summed E-state index contributed by atoms with van der Waals surface area (Å²) in [6.07, 6.45) is 2.18. The molecule has 1 heterocycles. The van der Waals surface area contributed by atoms with Crippen LogP contribution in [-0.2, 0) is 6.42 Å². The molecule has 1 aromatic heterocycles. The first-order valence-corrected chi connectivity index (χ1v) is 5.77. The van der Waals surface area contributed by atoms with Gasteiger partial charge < -0.3 is 0 Å². The van der Waals surface area contributed by atoms with Gasteiger partial charge in [-0.05, 0) is 41.1 Å². The second-order valence-corrected chi connectivity index (χ2v) is 4.58. The molecule has 0 aliphatic rings. The Labute approximate surface area is 83.6 Å². The summed E-state index contributed by atoms with van der Waals surface area (Å²) < 4.78 is 0. The van der Waals surface area contributed by atoms with Crippen molar-refractivity contribution in [2.75, 3.05) is 0 Å². The van der Waals surface area contributed by atoms with Crippen LogP contribution in [0.5, 0.6) is 0 Å². The Bertz CT molecular complexity index is 206. The molecule has 2 unspecified atom stereocenters. The van der Waals surface area contributed by atoms with Crippen LogP contribution in [0.1, 0.15) is 25.8 Å². The lowest BCUT2D eigenvalue weighted by Gasteiger charge is -2.14. The predicted molar refractivity (Wildman–Crippen MR) is 57.1 cm³/mol. The van der Waals surface area contributed by atoms with E-state index in [2.05, 4.69) is 30.7 Å². The third kappa shape index (κ3) is 2.80. The Morgan fingerprint density at radius 3 is 2.83 bits per heavy atom. The summed E-state index contributed by atoms with van der Waals surface area (Å²) in [5.74, 6) is 0.589. The minimum absolute atomic E-state index is 0.324. The third-order valence-electron chi connectivity index (χ3n) is 2.15. The third-order valence-corrected chi connectivity index (χ3v) is 3.62. The maximum atomic E-state index is 6.14. The van der Waals surface area contributed by atoms with Crippen LogP contribution in [0.2, 0.25) is 0 Å². The van der Waals surface area contributed by atoms with Gasteiger partial charge in [0.1, 0.15) is 0 Å². The average molecular weight is 203 g/mol. The molecular formula is C10H15ClS. The van der Waals surface area contributed by atoms with E-state index in [-0.39, 0.29) is 0 Å². The molecule has 0 bridgehead atoms. The standard InChI is InChI=1S/C10H15ClS/c1-3-10(11)8(2)6-9-4-5-12-7-9/h4-5,7-8,10H,3,6H2,1-2H3. The first-order chi connectivity index (χ1) is 5.74. The molecular weight excluding hydrogens is 188 g/mol. The predicted octanol–water partition coefficient (Wildman–Crippen LogP) is 3.94. The lowest BCUT2D eigenvalue weighted by molar-refractivity contribution is 0.532. The molecule has 1 aromatic rings. The number of thiophene rings is 1. The molecule has 0 saturated heterocycles. The zero-order valence-corrected chi connectivity index (χ0v) is 9.16. The van der Waals surface area contributed by atoms with Gasteiger partial charge in [-0.2, -0.15) is 11.3 Å². The van der Waals surface area contributed by atoms with Gasteiger partial charge in [-0.15, -0.1) is 11.6 Å². The van der Waals surface area contributed by atoms with E-state index in [9.17, 15) is 0 Å². The van der Waals surface area contributed by atoms with Gasteiger partial charge in [-0.25, -0.2) is 0 Å². The van der Waals surface area contributed by atoms with Crippen LogP contribution in [0.25, 0.3) is 0 Å². The first kappa shape index (κ1) is 10.1. The van der Waals surface area contributed by atoms with Crippen molar-refractivity contribution >= 4 is 22.9 Å². The summed E-state index contributed by atoms with van der Waals surface area (Å²) in [5, 5.41) is 4.65. The monoisotopic (exact) mass is 202 g/mol. The minimum Gasteiger partial charge on any atom is -0.152 e. The van der Waals surface area contributed by atoms with Crippen LogP contribution < -0.4 is 0 Å². The maximum Gasteiger partial charge on any atom is 0.0362 e. The molecule has 1 rings (SSSR count). The molecule has 0 fully saturated rings.